The Balaban J connectivity index is 1.91. The summed E-state index contributed by atoms with van der Waals surface area (Å²) in [6.07, 6.45) is 3.51. The summed E-state index contributed by atoms with van der Waals surface area (Å²) in [5.74, 6) is 0. The van der Waals surface area contributed by atoms with Gasteiger partial charge in [0.05, 0.1) is 0 Å². The Morgan fingerprint density at radius 2 is 1.61 bits per heavy atom. The van der Waals surface area contributed by atoms with E-state index in [9.17, 15) is 0 Å². The largest absolute Gasteiger partial charge is 0.366 e. The van der Waals surface area contributed by atoms with Crippen LogP contribution in [0.15, 0.2) is 48.5 Å². The first-order valence-corrected chi connectivity index (χ1v) is 6.55. The number of rotatable bonds is 0. The summed E-state index contributed by atoms with van der Waals surface area (Å²) in [5.41, 5.74) is 7.12. The molecule has 0 amide bonds. The molecular formula is C17H15N. The Labute approximate surface area is 107 Å². The zero-order valence-corrected chi connectivity index (χ0v) is 10.3. The van der Waals surface area contributed by atoms with Crippen LogP contribution in [-0.4, -0.2) is 11.4 Å². The van der Waals surface area contributed by atoms with Gasteiger partial charge in [-0.15, -0.1) is 0 Å². The molecule has 0 fully saturated rings. The Bertz CT molecular complexity index is 640. The van der Waals surface area contributed by atoms with Crippen molar-refractivity contribution >= 4 is 11.8 Å². The molecule has 0 atom stereocenters. The summed E-state index contributed by atoms with van der Waals surface area (Å²) in [5, 5.41) is 0. The second-order valence-corrected chi connectivity index (χ2v) is 5.06. The van der Waals surface area contributed by atoms with Gasteiger partial charge in [-0.1, -0.05) is 48.5 Å². The molecular weight excluding hydrogens is 218 g/mol. The highest BCUT2D eigenvalue weighted by Crippen LogP contribution is 2.35. The van der Waals surface area contributed by atoms with Crippen LogP contribution >= 0.6 is 0 Å². The third-order valence-corrected chi connectivity index (χ3v) is 3.99. The number of fused-ring (bicyclic) bond motifs is 4. The van der Waals surface area contributed by atoms with E-state index in [2.05, 4.69) is 59.5 Å². The van der Waals surface area contributed by atoms with Crippen molar-refractivity contribution in [3.8, 4) is 0 Å². The molecule has 1 heteroatoms. The second kappa shape index (κ2) is 3.74. The third kappa shape index (κ3) is 1.40. The average molecular weight is 233 g/mol. The van der Waals surface area contributed by atoms with Crippen molar-refractivity contribution < 1.29 is 0 Å². The van der Waals surface area contributed by atoms with Crippen molar-refractivity contribution in [3.63, 3.8) is 0 Å². The number of benzene rings is 2. The van der Waals surface area contributed by atoms with Crippen molar-refractivity contribution in [2.75, 3.05) is 6.54 Å². The van der Waals surface area contributed by atoms with E-state index in [4.69, 9.17) is 0 Å². The maximum atomic E-state index is 2.50. The van der Waals surface area contributed by atoms with Gasteiger partial charge in [-0.05, 0) is 29.2 Å². The molecule has 0 radical (unpaired) electrons. The fraction of sp³-hybridized carbons (Fsp3) is 0.176. The fourth-order valence-corrected chi connectivity index (χ4v) is 3.04. The quantitative estimate of drug-likeness (QED) is 0.672. The molecule has 0 N–H and O–H groups in total. The highest BCUT2D eigenvalue weighted by atomic mass is 15.1. The second-order valence-electron chi connectivity index (χ2n) is 5.06. The van der Waals surface area contributed by atoms with Gasteiger partial charge in [0.25, 0.3) is 0 Å². The van der Waals surface area contributed by atoms with Gasteiger partial charge in [-0.25, -0.2) is 0 Å². The van der Waals surface area contributed by atoms with Crippen molar-refractivity contribution in [2.24, 2.45) is 0 Å². The van der Waals surface area contributed by atoms with Crippen LogP contribution in [0.25, 0.3) is 11.8 Å². The van der Waals surface area contributed by atoms with Gasteiger partial charge in [0, 0.05) is 24.4 Å². The zero-order chi connectivity index (χ0) is 11.9. The van der Waals surface area contributed by atoms with E-state index in [1.54, 1.807) is 0 Å². The van der Waals surface area contributed by atoms with Gasteiger partial charge in [0.15, 0.2) is 0 Å². The minimum Gasteiger partial charge on any atom is -0.366 e. The van der Waals surface area contributed by atoms with Crippen LogP contribution in [0.5, 0.6) is 0 Å². The predicted octanol–water partition coefficient (Wildman–Crippen LogP) is 3.56. The van der Waals surface area contributed by atoms with Crippen LogP contribution in [0.4, 0.5) is 0 Å². The van der Waals surface area contributed by atoms with Crippen LogP contribution in [0.2, 0.25) is 0 Å². The maximum absolute atomic E-state index is 2.50. The van der Waals surface area contributed by atoms with Crippen LogP contribution in [0.1, 0.15) is 22.3 Å². The van der Waals surface area contributed by atoms with E-state index >= 15 is 0 Å². The van der Waals surface area contributed by atoms with Crippen LogP contribution in [0.3, 0.4) is 0 Å². The highest BCUT2D eigenvalue weighted by Gasteiger charge is 2.24. The molecule has 0 bridgehead atoms. The number of hydrogen-bond acceptors (Lipinski definition) is 1. The number of nitrogens with zero attached hydrogens (tertiary/aromatic N) is 1. The molecule has 0 aliphatic carbocycles. The van der Waals surface area contributed by atoms with Crippen molar-refractivity contribution in [3.05, 3.63) is 70.8 Å². The minimum absolute atomic E-state index is 1.05. The normalized spacial score (nSPS) is 16.4. The Morgan fingerprint density at radius 3 is 2.56 bits per heavy atom. The Kier molecular flexibility index (Phi) is 2.07. The lowest BCUT2D eigenvalue weighted by molar-refractivity contribution is 0.381. The van der Waals surface area contributed by atoms with Gasteiger partial charge < -0.3 is 4.90 Å². The summed E-state index contributed by atoms with van der Waals surface area (Å²) < 4.78 is 0. The molecule has 4 rings (SSSR count). The van der Waals surface area contributed by atoms with Gasteiger partial charge >= 0.3 is 0 Å². The molecule has 0 aromatic heterocycles. The van der Waals surface area contributed by atoms with E-state index in [0.717, 1.165) is 19.5 Å². The van der Waals surface area contributed by atoms with E-state index in [0.29, 0.717) is 0 Å². The molecule has 0 saturated heterocycles. The molecule has 88 valence electrons. The Hall–Kier alpha value is -2.02. The molecule has 1 nitrogen and oxygen atoms in total. The summed E-state index contributed by atoms with van der Waals surface area (Å²) in [6, 6.07) is 17.5. The van der Waals surface area contributed by atoms with Crippen molar-refractivity contribution in [1.29, 1.82) is 0 Å². The van der Waals surface area contributed by atoms with Gasteiger partial charge in [-0.3, -0.25) is 0 Å². The average Bonchev–Trinajstić information content (AvgIpc) is 2.45. The zero-order valence-electron chi connectivity index (χ0n) is 10.3. The van der Waals surface area contributed by atoms with Crippen molar-refractivity contribution in [1.82, 2.24) is 4.90 Å². The van der Waals surface area contributed by atoms with Crippen molar-refractivity contribution in [2.45, 2.75) is 13.0 Å². The first-order chi connectivity index (χ1) is 8.92. The van der Waals surface area contributed by atoms with E-state index in [1.807, 2.05) is 0 Å². The van der Waals surface area contributed by atoms with Crippen LogP contribution < -0.4 is 0 Å². The first kappa shape index (κ1) is 9.95. The first-order valence-electron chi connectivity index (χ1n) is 6.55. The predicted molar refractivity (Wildman–Crippen MR) is 74.9 cm³/mol. The fourth-order valence-electron chi connectivity index (χ4n) is 3.04. The van der Waals surface area contributed by atoms with Gasteiger partial charge in [0.2, 0.25) is 0 Å². The standard InChI is InChI=1S/C17H15N/c1-2-7-15-12-18-10-9-13-5-3-4-8-16(13)17(18)11-14(15)6-1/h1-8,11H,9-10,12H2. The van der Waals surface area contributed by atoms with Crippen LogP contribution in [-0.2, 0) is 13.0 Å². The summed E-state index contributed by atoms with van der Waals surface area (Å²) in [6.45, 7) is 2.19. The molecule has 2 aromatic carbocycles. The molecule has 2 heterocycles. The smallest absolute Gasteiger partial charge is 0.0451 e. The molecule has 0 spiro atoms. The highest BCUT2D eigenvalue weighted by molar-refractivity contribution is 5.85. The number of hydrogen-bond donors (Lipinski definition) is 0. The molecule has 0 saturated carbocycles. The third-order valence-electron chi connectivity index (χ3n) is 3.99. The summed E-state index contributed by atoms with van der Waals surface area (Å²) >= 11 is 0. The van der Waals surface area contributed by atoms with E-state index < -0.39 is 0 Å². The molecule has 18 heavy (non-hydrogen) atoms. The van der Waals surface area contributed by atoms with E-state index in [1.165, 1.54) is 28.0 Å². The monoisotopic (exact) mass is 233 g/mol. The lowest BCUT2D eigenvalue weighted by Gasteiger charge is -2.36. The molecule has 2 aromatic rings. The van der Waals surface area contributed by atoms with Gasteiger partial charge in [0.1, 0.15) is 0 Å². The Morgan fingerprint density at radius 1 is 0.833 bits per heavy atom. The molecule has 2 aliphatic heterocycles. The molecule has 2 aliphatic rings. The lowest BCUT2D eigenvalue weighted by Crippen LogP contribution is -2.31. The summed E-state index contributed by atoms with van der Waals surface area (Å²) in [4.78, 5) is 2.50. The van der Waals surface area contributed by atoms with Gasteiger partial charge in [-0.2, -0.15) is 0 Å². The SMILES string of the molecule is C1=C2c3ccccc3CCN2Cc2ccccc21. The lowest BCUT2D eigenvalue weighted by atomic mass is 9.91. The molecule has 0 unspecified atom stereocenters. The van der Waals surface area contributed by atoms with Crippen LogP contribution in [0, 0.1) is 0 Å². The topological polar surface area (TPSA) is 3.24 Å². The minimum atomic E-state index is 1.05. The van der Waals surface area contributed by atoms with E-state index in [-0.39, 0.29) is 0 Å². The maximum Gasteiger partial charge on any atom is 0.0451 e. The summed E-state index contributed by atoms with van der Waals surface area (Å²) in [7, 11) is 0.